The quantitative estimate of drug-likeness (QED) is 0.573. The van der Waals surface area contributed by atoms with Crippen molar-refractivity contribution in [2.45, 2.75) is 0 Å². The molecular weight excluding hydrogens is 271 g/mol. The molecule has 106 valence electrons. The van der Waals surface area contributed by atoms with Crippen LogP contribution in [0.5, 0.6) is 5.75 Å². The van der Waals surface area contributed by atoms with Crippen LogP contribution in [0.1, 0.15) is 15.9 Å². The van der Waals surface area contributed by atoms with Crippen molar-refractivity contribution in [2.75, 3.05) is 12.8 Å². The van der Waals surface area contributed by atoms with Crippen molar-refractivity contribution in [3.05, 3.63) is 59.5 Å². The van der Waals surface area contributed by atoms with Crippen LogP contribution in [-0.2, 0) is 0 Å². The Hall–Kier alpha value is -2.82. The van der Waals surface area contributed by atoms with Gasteiger partial charge >= 0.3 is 0 Å². The fourth-order valence-corrected chi connectivity index (χ4v) is 2.29. The Morgan fingerprint density at radius 2 is 2.05 bits per heavy atom. The lowest BCUT2D eigenvalue weighted by Crippen LogP contribution is -2.02. The minimum absolute atomic E-state index is 0.175. The second-order valence-electron chi connectivity index (χ2n) is 4.68. The van der Waals surface area contributed by atoms with Gasteiger partial charge in [-0.2, -0.15) is 0 Å². The molecule has 0 aliphatic rings. The maximum Gasteiger partial charge on any atom is 0.195 e. The fraction of sp³-hybridized carbons (Fsp3) is 0.0625. The second kappa shape index (κ2) is 4.94. The van der Waals surface area contributed by atoms with Crippen LogP contribution in [0, 0.1) is 5.82 Å². The summed E-state index contributed by atoms with van der Waals surface area (Å²) in [4.78, 5) is 15.5. The molecule has 0 aliphatic carbocycles. The summed E-state index contributed by atoms with van der Waals surface area (Å²) in [6, 6.07) is 9.14. The smallest absolute Gasteiger partial charge is 0.195 e. The van der Waals surface area contributed by atoms with Crippen LogP contribution in [0.4, 0.5) is 10.1 Å². The fourth-order valence-electron chi connectivity index (χ4n) is 2.29. The third-order valence-electron chi connectivity index (χ3n) is 3.38. The summed E-state index contributed by atoms with van der Waals surface area (Å²) in [5.41, 5.74) is 7.74. The van der Waals surface area contributed by atoms with E-state index in [1.54, 1.807) is 30.5 Å². The Bertz CT molecular complexity index is 839. The van der Waals surface area contributed by atoms with E-state index in [-0.39, 0.29) is 11.6 Å². The summed E-state index contributed by atoms with van der Waals surface area (Å²) in [7, 11) is 1.49. The Morgan fingerprint density at radius 1 is 1.24 bits per heavy atom. The molecule has 0 fully saturated rings. The number of nitrogens with one attached hydrogen (secondary N) is 1. The van der Waals surface area contributed by atoms with E-state index < -0.39 is 0 Å². The van der Waals surface area contributed by atoms with Crippen LogP contribution in [-0.4, -0.2) is 17.9 Å². The van der Waals surface area contributed by atoms with Crippen molar-refractivity contribution in [1.82, 2.24) is 4.98 Å². The van der Waals surface area contributed by atoms with Crippen LogP contribution in [0.3, 0.4) is 0 Å². The first-order valence-corrected chi connectivity index (χ1v) is 6.35. The highest BCUT2D eigenvalue weighted by Crippen LogP contribution is 2.26. The van der Waals surface area contributed by atoms with E-state index in [1.165, 1.54) is 19.2 Å². The van der Waals surface area contributed by atoms with E-state index in [0.717, 1.165) is 0 Å². The Kier molecular flexibility index (Phi) is 3.10. The van der Waals surface area contributed by atoms with Crippen molar-refractivity contribution < 1.29 is 13.9 Å². The number of carbonyl (C=O) groups excluding carboxylic acids is 1. The molecule has 0 radical (unpaired) electrons. The molecule has 2 aromatic carbocycles. The number of H-pyrrole nitrogens is 1. The van der Waals surface area contributed by atoms with Gasteiger partial charge in [0.2, 0.25) is 0 Å². The molecule has 0 bridgehead atoms. The molecule has 0 aliphatic heterocycles. The number of nitrogens with two attached hydrogens (primary N) is 1. The Morgan fingerprint density at radius 3 is 2.81 bits per heavy atom. The van der Waals surface area contributed by atoms with Gasteiger partial charge in [0.05, 0.1) is 12.8 Å². The van der Waals surface area contributed by atoms with Crippen molar-refractivity contribution >= 4 is 22.4 Å². The SMILES string of the molecule is COc1cc(C(=O)c2c[nH]c3cc(F)ccc23)ccc1N. The number of aromatic nitrogens is 1. The van der Waals surface area contributed by atoms with Gasteiger partial charge in [0.15, 0.2) is 5.78 Å². The zero-order valence-electron chi connectivity index (χ0n) is 11.3. The standard InChI is InChI=1S/C16H13FN2O2/c1-21-15-6-9(2-5-13(15)18)16(20)12-8-19-14-7-10(17)3-4-11(12)14/h2-8,19H,18H2,1H3. The average Bonchev–Trinajstić information content (AvgIpc) is 2.89. The number of nitrogen functional groups attached to an aromatic ring is 1. The maximum atomic E-state index is 13.2. The summed E-state index contributed by atoms with van der Waals surface area (Å²) in [6.07, 6.45) is 1.58. The minimum atomic E-state index is -0.350. The predicted octanol–water partition coefficient (Wildman–Crippen LogP) is 3.13. The van der Waals surface area contributed by atoms with Gasteiger partial charge < -0.3 is 15.5 Å². The molecule has 1 aromatic heterocycles. The Balaban J connectivity index is 2.08. The molecule has 4 nitrogen and oxygen atoms in total. The molecule has 0 saturated heterocycles. The lowest BCUT2D eigenvalue weighted by molar-refractivity contribution is 0.104. The summed E-state index contributed by atoms with van der Waals surface area (Å²) in [6.45, 7) is 0. The molecule has 0 atom stereocenters. The van der Waals surface area contributed by atoms with E-state index >= 15 is 0 Å². The van der Waals surface area contributed by atoms with Crippen LogP contribution in [0.2, 0.25) is 0 Å². The molecule has 0 saturated carbocycles. The van der Waals surface area contributed by atoms with Gasteiger partial charge in [-0.3, -0.25) is 4.79 Å². The molecule has 3 rings (SSSR count). The zero-order valence-corrected chi connectivity index (χ0v) is 11.3. The van der Waals surface area contributed by atoms with Gasteiger partial charge in [0.25, 0.3) is 0 Å². The highest BCUT2D eigenvalue weighted by Gasteiger charge is 2.16. The second-order valence-corrected chi connectivity index (χ2v) is 4.68. The van der Waals surface area contributed by atoms with E-state index in [9.17, 15) is 9.18 Å². The molecule has 1 heterocycles. The molecular formula is C16H13FN2O2. The van der Waals surface area contributed by atoms with Gasteiger partial charge in [0, 0.05) is 28.2 Å². The molecule has 0 spiro atoms. The van der Waals surface area contributed by atoms with E-state index in [2.05, 4.69) is 4.98 Å². The minimum Gasteiger partial charge on any atom is -0.495 e. The average molecular weight is 284 g/mol. The maximum absolute atomic E-state index is 13.2. The summed E-state index contributed by atoms with van der Waals surface area (Å²) in [5, 5.41) is 0.678. The number of ketones is 1. The molecule has 3 N–H and O–H groups in total. The van der Waals surface area contributed by atoms with Crippen molar-refractivity contribution in [1.29, 1.82) is 0 Å². The highest BCUT2D eigenvalue weighted by atomic mass is 19.1. The molecule has 3 aromatic rings. The third-order valence-corrected chi connectivity index (χ3v) is 3.38. The largest absolute Gasteiger partial charge is 0.495 e. The number of aromatic amines is 1. The van der Waals surface area contributed by atoms with Crippen molar-refractivity contribution in [3.63, 3.8) is 0 Å². The van der Waals surface area contributed by atoms with E-state index in [0.29, 0.717) is 33.5 Å². The molecule has 5 heteroatoms. The van der Waals surface area contributed by atoms with E-state index in [4.69, 9.17) is 10.5 Å². The lowest BCUT2D eigenvalue weighted by atomic mass is 10.0. The monoisotopic (exact) mass is 284 g/mol. The van der Waals surface area contributed by atoms with Gasteiger partial charge in [-0.15, -0.1) is 0 Å². The number of carbonyl (C=O) groups is 1. The van der Waals surface area contributed by atoms with Crippen molar-refractivity contribution in [3.8, 4) is 5.75 Å². The number of anilines is 1. The predicted molar refractivity (Wildman–Crippen MR) is 79.1 cm³/mol. The van der Waals surface area contributed by atoms with E-state index in [1.807, 2.05) is 0 Å². The first kappa shape index (κ1) is 13.2. The van der Waals surface area contributed by atoms with Crippen molar-refractivity contribution in [2.24, 2.45) is 0 Å². The van der Waals surface area contributed by atoms with Gasteiger partial charge in [-0.1, -0.05) is 0 Å². The van der Waals surface area contributed by atoms with Gasteiger partial charge in [-0.05, 0) is 36.4 Å². The topological polar surface area (TPSA) is 68.1 Å². The van der Waals surface area contributed by atoms with Crippen LogP contribution >= 0.6 is 0 Å². The first-order valence-electron chi connectivity index (χ1n) is 6.35. The summed E-state index contributed by atoms with van der Waals surface area (Å²) in [5.74, 6) is -0.0737. The Labute approximate surface area is 120 Å². The lowest BCUT2D eigenvalue weighted by Gasteiger charge is -2.06. The zero-order chi connectivity index (χ0) is 15.0. The number of ether oxygens (including phenoxy) is 1. The third kappa shape index (κ3) is 2.23. The molecule has 0 unspecified atom stereocenters. The number of fused-ring (bicyclic) bond motifs is 1. The first-order chi connectivity index (χ1) is 10.1. The van der Waals surface area contributed by atoms with Gasteiger partial charge in [-0.25, -0.2) is 4.39 Å². The summed E-state index contributed by atoms with van der Waals surface area (Å²) >= 11 is 0. The highest BCUT2D eigenvalue weighted by molar-refractivity contribution is 6.16. The molecule has 21 heavy (non-hydrogen) atoms. The number of halogens is 1. The van der Waals surface area contributed by atoms with Crippen LogP contribution in [0.25, 0.3) is 10.9 Å². The van der Waals surface area contributed by atoms with Gasteiger partial charge in [0.1, 0.15) is 11.6 Å². The number of benzene rings is 2. The number of methoxy groups -OCH3 is 1. The summed E-state index contributed by atoms with van der Waals surface area (Å²) < 4.78 is 18.3. The van der Waals surface area contributed by atoms with Crippen LogP contribution < -0.4 is 10.5 Å². The van der Waals surface area contributed by atoms with Crippen LogP contribution in [0.15, 0.2) is 42.6 Å². The molecule has 0 amide bonds. The number of hydrogen-bond acceptors (Lipinski definition) is 3. The number of rotatable bonds is 3. The normalized spacial score (nSPS) is 10.8. The number of hydrogen-bond donors (Lipinski definition) is 2.